The molecule has 28 heavy (non-hydrogen) atoms. The van der Waals surface area contributed by atoms with E-state index in [1.54, 1.807) is 32.5 Å². The minimum absolute atomic E-state index is 0.238. The first-order valence-corrected chi connectivity index (χ1v) is 9.34. The van der Waals surface area contributed by atoms with Crippen molar-refractivity contribution in [3.8, 4) is 22.8 Å². The maximum atomic E-state index is 13.1. The molecule has 2 heterocycles. The second-order valence-electron chi connectivity index (χ2n) is 6.86. The van der Waals surface area contributed by atoms with Gasteiger partial charge in [-0.15, -0.1) is 0 Å². The number of oxazole rings is 1. The number of hydrogen-bond acceptors (Lipinski definition) is 5. The Morgan fingerprint density at radius 3 is 2.71 bits per heavy atom. The van der Waals surface area contributed by atoms with Crippen LogP contribution in [0.15, 0.2) is 53.1 Å². The van der Waals surface area contributed by atoms with E-state index in [9.17, 15) is 4.39 Å². The molecule has 1 fully saturated rings. The van der Waals surface area contributed by atoms with Crippen molar-refractivity contribution in [3.05, 3.63) is 65.9 Å². The third kappa shape index (κ3) is 3.73. The van der Waals surface area contributed by atoms with Gasteiger partial charge in [-0.05, 0) is 49.7 Å². The molecule has 0 spiro atoms. The second kappa shape index (κ2) is 8.02. The van der Waals surface area contributed by atoms with Gasteiger partial charge < -0.3 is 13.9 Å². The predicted octanol–water partition coefficient (Wildman–Crippen LogP) is 4.84. The fraction of sp³-hybridized carbons (Fsp3) is 0.318. The summed E-state index contributed by atoms with van der Waals surface area (Å²) < 4.78 is 29.9. The van der Waals surface area contributed by atoms with Gasteiger partial charge in [0.2, 0.25) is 5.89 Å². The summed E-state index contributed by atoms with van der Waals surface area (Å²) in [6.45, 7) is 1.58. The van der Waals surface area contributed by atoms with Crippen LogP contribution in [0.3, 0.4) is 0 Å². The summed E-state index contributed by atoms with van der Waals surface area (Å²) in [6.07, 6.45) is 3.85. The lowest BCUT2D eigenvalue weighted by Crippen LogP contribution is -2.23. The summed E-state index contributed by atoms with van der Waals surface area (Å²) in [7, 11) is 3.33. The maximum Gasteiger partial charge on any atom is 0.209 e. The largest absolute Gasteiger partial charge is 0.497 e. The Bertz CT molecular complexity index is 939. The topological polar surface area (TPSA) is 47.7 Å². The number of rotatable bonds is 6. The number of nitrogens with zero attached hydrogens (tertiary/aromatic N) is 2. The molecule has 6 heteroatoms. The number of hydrogen-bond donors (Lipinski definition) is 0. The summed E-state index contributed by atoms with van der Waals surface area (Å²) in [5, 5.41) is 0. The zero-order valence-electron chi connectivity index (χ0n) is 16.0. The highest BCUT2D eigenvalue weighted by molar-refractivity contribution is 5.55. The number of benzene rings is 2. The van der Waals surface area contributed by atoms with E-state index in [2.05, 4.69) is 16.0 Å². The standard InChI is InChI=1S/C22H23FN2O3/c1-26-17-9-10-18(20(12-17)27-2)19-4-3-11-25(19)14-22-24-13-21(28-22)15-5-7-16(23)8-6-15/h5-10,12-13,19H,3-4,11,14H2,1-2H3/t19-/m1/s1. The molecule has 0 amide bonds. The van der Waals surface area contributed by atoms with Crippen molar-refractivity contribution in [2.75, 3.05) is 20.8 Å². The van der Waals surface area contributed by atoms with E-state index in [0.29, 0.717) is 18.2 Å². The van der Waals surface area contributed by atoms with E-state index in [0.717, 1.165) is 42.0 Å². The summed E-state index contributed by atoms with van der Waals surface area (Å²) in [5.41, 5.74) is 1.96. The second-order valence-corrected chi connectivity index (χ2v) is 6.86. The molecule has 0 aliphatic carbocycles. The maximum absolute atomic E-state index is 13.1. The van der Waals surface area contributed by atoms with Crippen molar-refractivity contribution in [1.29, 1.82) is 0 Å². The Balaban J connectivity index is 1.53. The van der Waals surface area contributed by atoms with Crippen LogP contribution in [0.25, 0.3) is 11.3 Å². The highest BCUT2D eigenvalue weighted by Crippen LogP contribution is 2.39. The van der Waals surface area contributed by atoms with E-state index in [1.807, 2.05) is 12.1 Å². The Labute approximate surface area is 163 Å². The summed E-state index contributed by atoms with van der Waals surface area (Å²) in [6, 6.07) is 12.4. The number of likely N-dealkylation sites (tertiary alicyclic amines) is 1. The third-order valence-electron chi connectivity index (χ3n) is 5.18. The minimum Gasteiger partial charge on any atom is -0.497 e. The van der Waals surface area contributed by atoms with Crippen LogP contribution in [0, 0.1) is 5.82 Å². The Morgan fingerprint density at radius 2 is 1.96 bits per heavy atom. The molecular weight excluding hydrogens is 359 g/mol. The van der Waals surface area contributed by atoms with Gasteiger partial charge in [0.05, 0.1) is 27.0 Å². The zero-order valence-corrected chi connectivity index (χ0v) is 16.0. The van der Waals surface area contributed by atoms with Gasteiger partial charge in [-0.1, -0.05) is 6.07 Å². The van der Waals surface area contributed by atoms with Crippen LogP contribution in [-0.2, 0) is 6.54 Å². The fourth-order valence-corrected chi connectivity index (χ4v) is 3.77. The highest BCUT2D eigenvalue weighted by Gasteiger charge is 2.29. The molecule has 2 aromatic carbocycles. The number of aromatic nitrogens is 1. The van der Waals surface area contributed by atoms with E-state index >= 15 is 0 Å². The Morgan fingerprint density at radius 1 is 1.14 bits per heavy atom. The minimum atomic E-state index is -0.267. The van der Waals surface area contributed by atoms with Crippen LogP contribution in [0.5, 0.6) is 11.5 Å². The molecule has 0 N–H and O–H groups in total. The average molecular weight is 382 g/mol. The van der Waals surface area contributed by atoms with Gasteiger partial charge in [-0.3, -0.25) is 4.90 Å². The lowest BCUT2D eigenvalue weighted by molar-refractivity contribution is 0.220. The predicted molar refractivity (Wildman–Crippen MR) is 104 cm³/mol. The number of methoxy groups -OCH3 is 2. The molecule has 1 aliphatic heterocycles. The Hall–Kier alpha value is -2.86. The molecule has 0 bridgehead atoms. The molecule has 146 valence electrons. The van der Waals surface area contributed by atoms with Crippen LogP contribution in [-0.4, -0.2) is 30.6 Å². The van der Waals surface area contributed by atoms with Gasteiger partial charge in [0, 0.05) is 23.2 Å². The molecule has 0 unspecified atom stereocenters. The molecule has 3 aromatic rings. The van der Waals surface area contributed by atoms with Crippen LogP contribution in [0.1, 0.15) is 30.3 Å². The van der Waals surface area contributed by atoms with Crippen molar-refractivity contribution < 1.29 is 18.3 Å². The summed E-state index contributed by atoms with van der Waals surface area (Å²) in [4.78, 5) is 6.78. The molecule has 4 rings (SSSR count). The first-order chi connectivity index (χ1) is 13.7. The van der Waals surface area contributed by atoms with Crippen LogP contribution in [0.4, 0.5) is 4.39 Å². The van der Waals surface area contributed by atoms with Crippen molar-refractivity contribution >= 4 is 0 Å². The van der Waals surface area contributed by atoms with Gasteiger partial charge in [-0.2, -0.15) is 0 Å². The monoisotopic (exact) mass is 382 g/mol. The molecule has 1 aliphatic rings. The molecule has 1 atom stereocenters. The van der Waals surface area contributed by atoms with Gasteiger partial charge in [0.1, 0.15) is 17.3 Å². The molecular formula is C22H23FN2O3. The van der Waals surface area contributed by atoms with E-state index in [4.69, 9.17) is 13.9 Å². The lowest BCUT2D eigenvalue weighted by atomic mass is 10.0. The van der Waals surface area contributed by atoms with Crippen LogP contribution < -0.4 is 9.47 Å². The quantitative estimate of drug-likeness (QED) is 0.611. The van der Waals surface area contributed by atoms with E-state index < -0.39 is 0 Å². The van der Waals surface area contributed by atoms with Gasteiger partial charge >= 0.3 is 0 Å². The van der Waals surface area contributed by atoms with Gasteiger partial charge in [0.25, 0.3) is 0 Å². The van der Waals surface area contributed by atoms with Crippen LogP contribution >= 0.6 is 0 Å². The Kier molecular flexibility index (Phi) is 5.30. The van der Waals surface area contributed by atoms with Crippen molar-refractivity contribution in [1.82, 2.24) is 9.88 Å². The van der Waals surface area contributed by atoms with Gasteiger partial charge in [-0.25, -0.2) is 9.37 Å². The SMILES string of the molecule is COc1ccc([C@H]2CCCN2Cc2ncc(-c3ccc(F)cc3)o2)c(OC)c1. The highest BCUT2D eigenvalue weighted by atomic mass is 19.1. The van der Waals surface area contributed by atoms with Crippen molar-refractivity contribution in [3.63, 3.8) is 0 Å². The smallest absolute Gasteiger partial charge is 0.209 e. The first kappa shape index (κ1) is 18.5. The number of halogens is 1. The van der Waals surface area contributed by atoms with Crippen LogP contribution in [0.2, 0.25) is 0 Å². The molecule has 1 saturated heterocycles. The van der Waals surface area contributed by atoms with Crippen molar-refractivity contribution in [2.24, 2.45) is 0 Å². The van der Waals surface area contributed by atoms with Gasteiger partial charge in [0.15, 0.2) is 5.76 Å². The lowest BCUT2D eigenvalue weighted by Gasteiger charge is -2.25. The third-order valence-corrected chi connectivity index (χ3v) is 5.18. The summed E-state index contributed by atoms with van der Waals surface area (Å²) >= 11 is 0. The molecule has 0 radical (unpaired) electrons. The van der Waals surface area contributed by atoms with E-state index in [-0.39, 0.29) is 11.9 Å². The first-order valence-electron chi connectivity index (χ1n) is 9.34. The van der Waals surface area contributed by atoms with E-state index in [1.165, 1.54) is 12.1 Å². The van der Waals surface area contributed by atoms with Crippen molar-refractivity contribution in [2.45, 2.75) is 25.4 Å². The normalized spacial score (nSPS) is 17.0. The fourth-order valence-electron chi connectivity index (χ4n) is 3.77. The average Bonchev–Trinajstić information content (AvgIpc) is 3.38. The zero-order chi connectivity index (χ0) is 19.5. The molecule has 0 saturated carbocycles. The molecule has 1 aromatic heterocycles. The molecule has 5 nitrogen and oxygen atoms in total. The number of ether oxygens (including phenoxy) is 2. The summed E-state index contributed by atoms with van der Waals surface area (Å²) in [5.74, 6) is 2.64.